The number of hydrazine groups is 3. The van der Waals surface area contributed by atoms with Gasteiger partial charge in [0.2, 0.25) is 17.7 Å². The van der Waals surface area contributed by atoms with E-state index in [1.165, 1.54) is 75.3 Å². The summed E-state index contributed by atoms with van der Waals surface area (Å²) < 4.78 is 7.72. The number of hydrogen-bond acceptors (Lipinski definition) is 12. The van der Waals surface area contributed by atoms with Crippen LogP contribution in [0.5, 0.6) is 0 Å². The number of carbonyl (C=O) groups is 7. The number of hydrogen-bond donors (Lipinski definition) is 4. The summed E-state index contributed by atoms with van der Waals surface area (Å²) in [4.78, 5) is 84.4. The SMILES string of the molecule is C.C.CC#N.CCO.O=C1CC(=O)N([C@H]2c3ccccc3C=C[C@@H]2c2ccccc2)N1.O=C1CC(=O)N([C@H]2c3ccccc3CC[C@@H]2c2ccccc2)N1.O=C1CC(=O)N([C@H]2c3ccccc3CC[C@@H]2c2ccccc2)N1.O=C1c2ccccc2CC[C@@H]1c1ccccc1.S=S=S=S=S=S.[Na+].[O-]Cl. The van der Waals surface area contributed by atoms with E-state index < -0.39 is 0 Å². The number of benzene rings is 8. The van der Waals surface area contributed by atoms with Crippen molar-refractivity contribution in [3.05, 3.63) is 291 Å². The molecule has 3 saturated heterocycles. The normalized spacial score (nSPS) is 19.4. The van der Waals surface area contributed by atoms with Crippen molar-refractivity contribution in [3.8, 4) is 6.07 Å². The van der Waals surface area contributed by atoms with Crippen LogP contribution in [0.3, 0.4) is 0 Å². The van der Waals surface area contributed by atoms with E-state index in [1.807, 2.05) is 140 Å². The third-order valence-electron chi connectivity index (χ3n) is 17.6. The molecule has 0 radical (unpaired) electrons. The van der Waals surface area contributed by atoms with Crippen LogP contribution >= 0.6 is 11.9 Å². The first-order valence-corrected chi connectivity index (χ1v) is 39.4. The van der Waals surface area contributed by atoms with Crippen LogP contribution in [-0.4, -0.2) is 68.0 Å². The topological polar surface area (TPSA) is 232 Å². The largest absolute Gasteiger partial charge is 1.00 e. The molecule has 8 aromatic carbocycles. The molecule has 6 amide bonds. The van der Waals surface area contributed by atoms with Crippen LogP contribution in [0.2, 0.25) is 0 Å². The summed E-state index contributed by atoms with van der Waals surface area (Å²) in [7, 11) is 5.63. The molecule has 0 bridgehead atoms. The van der Waals surface area contributed by atoms with Gasteiger partial charge in [-0.05, 0) is 107 Å². The van der Waals surface area contributed by atoms with Gasteiger partial charge < -0.3 is 9.77 Å². The van der Waals surface area contributed by atoms with Gasteiger partial charge in [-0.1, -0.05) is 245 Å². The Balaban J connectivity index is 0.000000231. The summed E-state index contributed by atoms with van der Waals surface area (Å²) in [6.07, 6.45) is 9.85. The van der Waals surface area contributed by atoms with Crippen molar-refractivity contribution in [2.24, 2.45) is 0 Å². The first-order chi connectivity index (χ1) is 48.8. The summed E-state index contributed by atoms with van der Waals surface area (Å²) in [6, 6.07) is 74.4. The van der Waals surface area contributed by atoms with Gasteiger partial charge in [0.15, 0.2) is 5.78 Å². The number of aryl methyl sites for hydroxylation is 3. The number of carbonyl (C=O) groups excluding carboxylic acids is 7. The maximum absolute atomic E-state index is 12.4. The fourth-order valence-corrected chi connectivity index (χ4v) is 19.1. The minimum Gasteiger partial charge on any atom is -0.769 e. The first kappa shape index (κ1) is 85.7. The van der Waals surface area contributed by atoms with Crippen LogP contribution in [0, 0.1) is 11.3 Å². The molecule has 3 fully saturated rings. The predicted molar refractivity (Wildman–Crippen MR) is 415 cm³/mol. The van der Waals surface area contributed by atoms with Crippen LogP contribution in [0.15, 0.2) is 224 Å². The Labute approximate surface area is 652 Å². The van der Waals surface area contributed by atoms with E-state index in [-0.39, 0.29) is 153 Å². The number of halogens is 1. The molecule has 24 heteroatoms. The molecule has 4 aliphatic carbocycles. The molecule has 532 valence electrons. The van der Waals surface area contributed by atoms with Crippen molar-refractivity contribution in [3.63, 3.8) is 0 Å². The molecule has 15 rings (SSSR count). The number of rotatable bonds is 7. The van der Waals surface area contributed by atoms with Crippen molar-refractivity contribution in [1.82, 2.24) is 31.3 Å². The van der Waals surface area contributed by atoms with Crippen molar-refractivity contribution in [2.45, 2.75) is 128 Å². The number of Topliss-reactive ketones (excluding diaryl/α,β-unsaturated/α-hetero) is 1. The van der Waals surface area contributed by atoms with Gasteiger partial charge >= 0.3 is 29.6 Å². The van der Waals surface area contributed by atoms with Crippen LogP contribution in [0.1, 0.15) is 181 Å². The molecule has 4 N–H and O–H groups in total. The summed E-state index contributed by atoms with van der Waals surface area (Å²) in [6.45, 7) is 3.36. The van der Waals surface area contributed by atoms with Crippen LogP contribution < -0.4 is 50.5 Å². The van der Waals surface area contributed by atoms with Crippen molar-refractivity contribution in [2.75, 3.05) is 6.61 Å². The van der Waals surface area contributed by atoms with Gasteiger partial charge in [-0.3, -0.25) is 49.8 Å². The average Bonchev–Trinajstić information content (AvgIpc) is 1.77. The zero-order valence-electron chi connectivity index (χ0n) is 55.9. The van der Waals surface area contributed by atoms with Crippen molar-refractivity contribution < 1.29 is 72.9 Å². The van der Waals surface area contributed by atoms with Crippen LogP contribution in [-0.2, 0) is 106 Å². The van der Waals surface area contributed by atoms with E-state index in [0.29, 0.717) is 0 Å². The van der Waals surface area contributed by atoms with Crippen molar-refractivity contribution >= 4 is 117 Å². The van der Waals surface area contributed by atoms with Gasteiger partial charge in [0.1, 0.15) is 19.3 Å². The van der Waals surface area contributed by atoms with E-state index >= 15 is 0 Å². The van der Waals surface area contributed by atoms with Gasteiger partial charge in [-0.25, -0.2) is 26.9 Å². The fourth-order valence-electron chi connectivity index (χ4n) is 13.6. The monoisotopic (exact) mass is 1520 g/mol. The fraction of sp³-hybridized carbons (Fsp3) is 0.266. The van der Waals surface area contributed by atoms with E-state index in [9.17, 15) is 33.6 Å². The summed E-state index contributed by atoms with van der Waals surface area (Å²) in [5.74, 6) is -0.426. The minimum absolute atomic E-state index is 0. The summed E-state index contributed by atoms with van der Waals surface area (Å²) in [5.41, 5.74) is 22.0. The number of amides is 6. The second kappa shape index (κ2) is 44.6. The molecule has 0 spiro atoms. The Morgan fingerprint density at radius 1 is 0.485 bits per heavy atom. The quantitative estimate of drug-likeness (QED) is 0.0862. The van der Waals surface area contributed by atoms with E-state index in [0.717, 1.165) is 77.5 Å². The Hall–Kier alpha value is -7.99. The Morgan fingerprint density at radius 3 is 1.21 bits per heavy atom. The number of ketones is 1. The maximum atomic E-state index is 12.4. The molecular weight excluding hydrogens is 1440 g/mol. The molecule has 0 saturated carbocycles. The number of aliphatic hydroxyl groups is 1. The first-order valence-electron chi connectivity index (χ1n) is 32.4. The maximum Gasteiger partial charge on any atom is 1.00 e. The van der Waals surface area contributed by atoms with Crippen LogP contribution in [0.4, 0.5) is 0 Å². The van der Waals surface area contributed by atoms with Gasteiger partial charge in [0, 0.05) is 101 Å². The number of nitriles is 1. The van der Waals surface area contributed by atoms with Gasteiger partial charge in [-0.15, -0.1) is 0 Å². The molecular formula is C79H83ClN7NaO9S6. The minimum atomic E-state index is -0.242. The third-order valence-corrected chi connectivity index (χ3v) is 24.3. The van der Waals surface area contributed by atoms with Crippen molar-refractivity contribution in [1.29, 1.82) is 5.26 Å². The Kier molecular flexibility index (Phi) is 37.1. The predicted octanol–water partition coefficient (Wildman–Crippen LogP) is 10.1. The Morgan fingerprint density at radius 2 is 0.816 bits per heavy atom. The number of aliphatic hydroxyl groups excluding tert-OH is 1. The second-order valence-electron chi connectivity index (χ2n) is 23.5. The molecule has 0 unspecified atom stereocenters. The van der Waals surface area contributed by atoms with E-state index in [1.54, 1.807) is 23.0 Å². The zero-order chi connectivity index (χ0) is 71.3. The second-order valence-corrected chi connectivity index (χ2v) is 30.6. The summed E-state index contributed by atoms with van der Waals surface area (Å²) >= 11 is 12.4. The molecule has 8 aromatic rings. The standard InChI is InChI=1S/2C19H18N2O2.C19H16N2O2.C16H14O.C2H3N.C2H6O.2CH4.ClO.Na.S6/c3*22-17-12-18(23)21(20-17)19-15-9-5-4-8-14(15)10-11-16(19)13-6-2-1-3-7-13;17-16-14-9-5-4-8-13(14)10-11-15(16)12-6-2-1-3-7-12;2*1-2-3;;;1-2;;1-3-5-6-4-2/h2*1-9,16,19H,10-12H2,(H,20,22);1-11,16,19H,12H2,(H,20,22);1-9,15H,10-11H2;1H3;3H,2H2,1H3;2*1H4;;;/q;;;;;;;;-1;+1;/t3*16-,19+;15-;;;;;;;/m1111......./s1. The van der Waals surface area contributed by atoms with E-state index in [4.69, 9.17) is 15.0 Å². The molecule has 3 aliphatic heterocycles. The number of fused-ring (bicyclic) bond motifs is 4. The zero-order valence-corrected chi connectivity index (χ0v) is 63.5. The Bertz CT molecular complexity index is 4260. The summed E-state index contributed by atoms with van der Waals surface area (Å²) in [5, 5.41) is 19.5. The third kappa shape index (κ3) is 22.8. The van der Waals surface area contributed by atoms with Gasteiger partial charge in [0.25, 0.3) is 17.7 Å². The van der Waals surface area contributed by atoms with Gasteiger partial charge in [0.05, 0.1) is 24.2 Å². The molecule has 7 aliphatic rings. The smallest absolute Gasteiger partial charge is 0.769 e. The van der Waals surface area contributed by atoms with E-state index in [2.05, 4.69) is 142 Å². The molecule has 16 nitrogen and oxygen atoms in total. The molecule has 0 aromatic heterocycles. The molecule has 3 heterocycles. The average molecular weight is 1530 g/mol. The number of nitrogens with zero attached hydrogens (tertiary/aromatic N) is 4. The van der Waals surface area contributed by atoms with Gasteiger partial charge in [-0.2, -0.15) is 5.26 Å². The molecule has 7 atom stereocenters. The number of nitrogens with one attached hydrogen (secondary N) is 3. The molecule has 103 heavy (non-hydrogen) atoms. The van der Waals surface area contributed by atoms with Crippen LogP contribution in [0.25, 0.3) is 6.08 Å².